The van der Waals surface area contributed by atoms with E-state index in [1.807, 2.05) is 31.2 Å². The normalized spacial score (nSPS) is 25.4. The van der Waals surface area contributed by atoms with Crippen LogP contribution in [-0.2, 0) is 15.0 Å². The number of nitrogens with one attached hydrogen (secondary N) is 3. The van der Waals surface area contributed by atoms with E-state index in [9.17, 15) is 4.79 Å². The Morgan fingerprint density at radius 2 is 1.80 bits per heavy atom. The molecule has 0 radical (unpaired) electrons. The van der Waals surface area contributed by atoms with E-state index < -0.39 is 0 Å². The summed E-state index contributed by atoms with van der Waals surface area (Å²) in [6.45, 7) is 1.99. The molecule has 9 heteroatoms. The zero-order valence-corrected chi connectivity index (χ0v) is 20.2. The molecule has 0 spiro atoms. The fraction of sp³-hybridized carbons (Fsp3) is 0.500. The third-order valence-corrected chi connectivity index (χ3v) is 8.08. The van der Waals surface area contributed by atoms with Crippen LogP contribution in [0.3, 0.4) is 0 Å². The van der Waals surface area contributed by atoms with Crippen LogP contribution in [0, 0.1) is 12.3 Å². The molecule has 4 aliphatic rings. The van der Waals surface area contributed by atoms with Crippen molar-refractivity contribution in [1.29, 1.82) is 0 Å². The number of pyridine rings is 1. The zero-order chi connectivity index (χ0) is 24.0. The van der Waals surface area contributed by atoms with Gasteiger partial charge in [-0.15, -0.1) is 0 Å². The fourth-order valence-corrected chi connectivity index (χ4v) is 5.73. The lowest BCUT2D eigenvalue weighted by molar-refractivity contribution is -0.149. The van der Waals surface area contributed by atoms with Crippen molar-refractivity contribution >= 4 is 11.9 Å². The molecule has 4 aliphatic carbocycles. The Kier molecular flexibility index (Phi) is 5.32. The zero-order valence-electron chi connectivity index (χ0n) is 20.2. The Morgan fingerprint density at radius 1 is 1.03 bits per heavy atom. The largest absolute Gasteiger partial charge is 0.351 e. The number of carbonyl (C=O) groups excluding carboxylic acids is 1. The van der Waals surface area contributed by atoms with E-state index in [0.29, 0.717) is 12.0 Å². The van der Waals surface area contributed by atoms with E-state index in [-0.39, 0.29) is 16.7 Å². The van der Waals surface area contributed by atoms with Crippen LogP contribution in [0.25, 0.3) is 22.8 Å². The number of aromatic amines is 1. The molecule has 35 heavy (non-hydrogen) atoms. The summed E-state index contributed by atoms with van der Waals surface area (Å²) in [5.41, 5.74) is 6.43. The number of aryl methyl sites for hydroxylation is 1. The first-order valence-electron chi connectivity index (χ1n) is 12.5. The molecular formula is C26H31N7O2. The Balaban J connectivity index is 1.38. The number of nitrogens with zero attached hydrogens (tertiary/aromatic N) is 4. The maximum Gasteiger partial charge on any atom is 0.249 e. The van der Waals surface area contributed by atoms with Gasteiger partial charge in [-0.1, -0.05) is 6.07 Å². The Hall–Kier alpha value is -3.33. The number of imidazole rings is 1. The van der Waals surface area contributed by atoms with Gasteiger partial charge in [0.15, 0.2) is 0 Å². The summed E-state index contributed by atoms with van der Waals surface area (Å²) >= 11 is 0. The Labute approximate surface area is 204 Å². The third kappa shape index (κ3) is 3.97. The van der Waals surface area contributed by atoms with Gasteiger partial charge in [0.25, 0.3) is 0 Å². The highest BCUT2D eigenvalue weighted by atomic mass is 16.6. The van der Waals surface area contributed by atoms with E-state index in [1.54, 1.807) is 6.20 Å². The average Bonchev–Trinajstić information content (AvgIpc) is 3.58. The van der Waals surface area contributed by atoms with E-state index in [0.717, 1.165) is 85.7 Å². The predicted octanol–water partition coefficient (Wildman–Crippen LogP) is 4.08. The summed E-state index contributed by atoms with van der Waals surface area (Å²) in [5, 5.41) is 3.39. The van der Waals surface area contributed by atoms with Crippen LogP contribution >= 0.6 is 0 Å². The van der Waals surface area contributed by atoms with E-state index in [4.69, 9.17) is 19.8 Å². The van der Waals surface area contributed by atoms with Crippen molar-refractivity contribution in [3.63, 3.8) is 0 Å². The number of amides is 1. The van der Waals surface area contributed by atoms with Crippen LogP contribution in [0.2, 0.25) is 0 Å². The number of carbonyl (C=O) groups is 1. The number of aromatic nitrogens is 5. The molecule has 0 unspecified atom stereocenters. The van der Waals surface area contributed by atoms with Crippen molar-refractivity contribution in [1.82, 2.24) is 30.4 Å². The summed E-state index contributed by atoms with van der Waals surface area (Å²) in [4.78, 5) is 40.5. The van der Waals surface area contributed by atoms with E-state index >= 15 is 0 Å². The van der Waals surface area contributed by atoms with Gasteiger partial charge < -0.3 is 10.3 Å². The number of fused-ring (bicyclic) bond motifs is 3. The second kappa shape index (κ2) is 8.41. The van der Waals surface area contributed by atoms with Gasteiger partial charge in [0, 0.05) is 23.3 Å². The summed E-state index contributed by atoms with van der Waals surface area (Å²) in [6.07, 6.45) is 9.35. The lowest BCUT2D eigenvalue weighted by Crippen LogP contribution is -2.51. The molecule has 2 bridgehead atoms. The smallest absolute Gasteiger partial charge is 0.249 e. The number of rotatable bonds is 7. The van der Waals surface area contributed by atoms with Gasteiger partial charge in [-0.2, -0.15) is 0 Å². The number of hydroxylamine groups is 1. The molecule has 1 amide bonds. The molecule has 4 fully saturated rings. The monoisotopic (exact) mass is 473 g/mol. The van der Waals surface area contributed by atoms with Crippen molar-refractivity contribution in [2.24, 2.45) is 5.41 Å². The molecule has 3 heterocycles. The van der Waals surface area contributed by atoms with Crippen molar-refractivity contribution in [3.05, 3.63) is 42.0 Å². The Bertz CT molecular complexity index is 1240. The lowest BCUT2D eigenvalue weighted by Gasteiger charge is -2.51. The standard InChI is InChI=1S/C26H31N7O2/c1-16-4-3-5-18(28-16)20-21(19-8-15-27-24(30-19)29-17-6-7-17)32-22(31-20)25-9-12-26(13-10-25,14-11-25)23(34)33-35-2/h3-5,8,15,17H,6-7,9-14H2,1-2H3,(H,31,32)(H,33,34)(H,27,29,30). The third-order valence-electron chi connectivity index (χ3n) is 8.08. The molecule has 0 saturated heterocycles. The molecule has 0 aliphatic heterocycles. The minimum atomic E-state index is -0.329. The summed E-state index contributed by atoms with van der Waals surface area (Å²) in [6, 6.07) is 8.40. The van der Waals surface area contributed by atoms with Crippen LogP contribution in [0.4, 0.5) is 5.95 Å². The second-order valence-electron chi connectivity index (χ2n) is 10.4. The Morgan fingerprint density at radius 3 is 2.49 bits per heavy atom. The maximum absolute atomic E-state index is 12.7. The number of H-pyrrole nitrogens is 1. The minimum absolute atomic E-state index is 0.00904. The number of hydrogen-bond acceptors (Lipinski definition) is 7. The van der Waals surface area contributed by atoms with Crippen molar-refractivity contribution in [2.45, 2.75) is 69.7 Å². The quantitative estimate of drug-likeness (QED) is 0.443. The molecule has 4 saturated carbocycles. The molecule has 3 aromatic rings. The van der Waals surface area contributed by atoms with Crippen molar-refractivity contribution < 1.29 is 9.63 Å². The van der Waals surface area contributed by atoms with Crippen molar-refractivity contribution in [3.8, 4) is 22.8 Å². The fourth-order valence-electron chi connectivity index (χ4n) is 5.73. The van der Waals surface area contributed by atoms with Crippen LogP contribution < -0.4 is 10.8 Å². The highest BCUT2D eigenvalue weighted by molar-refractivity contribution is 5.82. The van der Waals surface area contributed by atoms with Gasteiger partial charge in [-0.05, 0) is 76.5 Å². The number of hydrogen-bond donors (Lipinski definition) is 3. The SMILES string of the molecule is CONC(=O)C12CCC(c3nc(-c4cccc(C)n4)c(-c4ccnc(NC5CC5)n4)[nH]3)(CC1)CC2. The molecule has 3 aromatic heterocycles. The van der Waals surface area contributed by atoms with Crippen molar-refractivity contribution in [2.75, 3.05) is 12.4 Å². The molecule has 7 rings (SSSR count). The summed E-state index contributed by atoms with van der Waals surface area (Å²) < 4.78 is 0. The molecule has 0 atom stereocenters. The van der Waals surface area contributed by atoms with Crippen LogP contribution in [0.1, 0.15) is 62.9 Å². The van der Waals surface area contributed by atoms with E-state index in [2.05, 4.69) is 20.8 Å². The van der Waals surface area contributed by atoms with Gasteiger partial charge in [0.1, 0.15) is 11.5 Å². The predicted molar refractivity (Wildman–Crippen MR) is 131 cm³/mol. The highest BCUT2D eigenvalue weighted by Gasteiger charge is 2.54. The van der Waals surface area contributed by atoms with Gasteiger partial charge in [0.05, 0.1) is 29.6 Å². The first kappa shape index (κ1) is 22.2. The van der Waals surface area contributed by atoms with Crippen LogP contribution in [0.5, 0.6) is 0 Å². The van der Waals surface area contributed by atoms with Crippen LogP contribution in [-0.4, -0.2) is 44.0 Å². The van der Waals surface area contributed by atoms with Gasteiger partial charge in [0.2, 0.25) is 11.9 Å². The molecular weight excluding hydrogens is 442 g/mol. The minimum Gasteiger partial charge on any atom is -0.351 e. The average molecular weight is 474 g/mol. The first-order valence-corrected chi connectivity index (χ1v) is 12.5. The lowest BCUT2D eigenvalue weighted by atomic mass is 9.53. The maximum atomic E-state index is 12.7. The molecule has 9 nitrogen and oxygen atoms in total. The molecule has 3 N–H and O–H groups in total. The number of anilines is 1. The molecule has 182 valence electrons. The van der Waals surface area contributed by atoms with E-state index in [1.165, 1.54) is 7.11 Å². The topological polar surface area (TPSA) is 118 Å². The second-order valence-corrected chi connectivity index (χ2v) is 10.4. The summed E-state index contributed by atoms with van der Waals surface area (Å²) in [5.74, 6) is 1.63. The van der Waals surface area contributed by atoms with Gasteiger partial charge in [-0.25, -0.2) is 20.4 Å². The molecule has 0 aromatic carbocycles. The first-order chi connectivity index (χ1) is 17.0. The highest BCUT2D eigenvalue weighted by Crippen LogP contribution is 2.57. The van der Waals surface area contributed by atoms with Gasteiger partial charge in [-0.3, -0.25) is 14.6 Å². The summed E-state index contributed by atoms with van der Waals surface area (Å²) in [7, 11) is 1.49. The van der Waals surface area contributed by atoms with Crippen LogP contribution in [0.15, 0.2) is 30.5 Å². The van der Waals surface area contributed by atoms with Gasteiger partial charge >= 0.3 is 0 Å².